The van der Waals surface area contributed by atoms with E-state index in [0.29, 0.717) is 11.6 Å². The van der Waals surface area contributed by atoms with Gasteiger partial charge in [-0.3, -0.25) is 0 Å². The van der Waals surface area contributed by atoms with Crippen LogP contribution in [-0.2, 0) is 4.74 Å². The summed E-state index contributed by atoms with van der Waals surface area (Å²) >= 11 is 3.34. The van der Waals surface area contributed by atoms with E-state index in [1.54, 1.807) is 0 Å². The molecule has 0 aromatic rings. The molecule has 0 aromatic carbocycles. The fraction of sp³-hybridized carbons (Fsp3) is 0.636. The van der Waals surface area contributed by atoms with Gasteiger partial charge < -0.3 is 4.74 Å². The molecule has 13 heavy (non-hydrogen) atoms. The second-order valence-corrected chi connectivity index (χ2v) is 4.69. The summed E-state index contributed by atoms with van der Waals surface area (Å²) in [5.41, 5.74) is 0.659. The number of ether oxygens (including phenoxy) is 1. The molecule has 0 amide bonds. The second-order valence-electron chi connectivity index (χ2n) is 4.23. The first kappa shape index (κ1) is 8.25. The zero-order valence-electron chi connectivity index (χ0n) is 7.40. The topological polar surface area (TPSA) is 9.23 Å². The third kappa shape index (κ3) is 1.08. The molecule has 0 N–H and O–H groups in total. The molecule has 70 valence electrons. The highest BCUT2D eigenvalue weighted by atomic mass is 79.9. The molecule has 2 unspecified atom stereocenters. The Morgan fingerprint density at radius 1 is 1.15 bits per heavy atom. The van der Waals surface area contributed by atoms with Gasteiger partial charge >= 0.3 is 0 Å². The molecule has 0 aliphatic heterocycles. The van der Waals surface area contributed by atoms with Gasteiger partial charge in [0.2, 0.25) is 0 Å². The van der Waals surface area contributed by atoms with Crippen molar-refractivity contribution in [2.45, 2.75) is 12.5 Å². The summed E-state index contributed by atoms with van der Waals surface area (Å²) in [5.74, 6) is 3.12. The third-order valence-corrected chi connectivity index (χ3v) is 4.01. The van der Waals surface area contributed by atoms with Crippen LogP contribution in [0.15, 0.2) is 24.3 Å². The quantitative estimate of drug-likeness (QED) is 0.533. The monoisotopic (exact) mass is 240 g/mol. The summed E-state index contributed by atoms with van der Waals surface area (Å²) in [4.78, 5) is 0. The summed E-state index contributed by atoms with van der Waals surface area (Å²) in [6.45, 7) is 0. The van der Waals surface area contributed by atoms with Crippen LogP contribution in [0.4, 0.5) is 0 Å². The Hall–Kier alpha value is -0.0800. The lowest BCUT2D eigenvalue weighted by Gasteiger charge is -2.25. The molecule has 1 saturated carbocycles. The number of hydrogen-bond acceptors (Lipinski definition) is 1. The van der Waals surface area contributed by atoms with Crippen molar-refractivity contribution < 1.29 is 4.74 Å². The van der Waals surface area contributed by atoms with Crippen LogP contribution in [-0.4, -0.2) is 11.6 Å². The first-order valence-electron chi connectivity index (χ1n) is 4.94. The lowest BCUT2D eigenvalue weighted by atomic mass is 9.84. The van der Waals surface area contributed by atoms with Crippen LogP contribution < -0.4 is 0 Å². The largest absolute Gasteiger partial charge is 0.363 e. The summed E-state index contributed by atoms with van der Waals surface area (Å²) in [7, 11) is 0. The average molecular weight is 241 g/mol. The fourth-order valence-electron chi connectivity index (χ4n) is 3.24. The Morgan fingerprint density at radius 3 is 2.85 bits per heavy atom. The Bertz CT molecular complexity index is 271. The van der Waals surface area contributed by atoms with Gasteiger partial charge in [-0.25, -0.2) is 0 Å². The molecular formula is C11H13BrO. The van der Waals surface area contributed by atoms with Gasteiger partial charge in [-0.2, -0.15) is 0 Å². The summed E-state index contributed by atoms with van der Waals surface area (Å²) in [6, 6.07) is 0. The van der Waals surface area contributed by atoms with Gasteiger partial charge in [0.15, 0.2) is 0 Å². The van der Waals surface area contributed by atoms with Gasteiger partial charge in [0.05, 0.1) is 6.10 Å². The Morgan fingerprint density at radius 2 is 2.00 bits per heavy atom. The van der Waals surface area contributed by atoms with Crippen molar-refractivity contribution in [1.82, 2.24) is 0 Å². The van der Waals surface area contributed by atoms with E-state index >= 15 is 0 Å². The number of fused-ring (bicyclic) bond motifs is 5. The molecule has 0 spiro atoms. The highest BCUT2D eigenvalue weighted by Crippen LogP contribution is 2.53. The predicted octanol–water partition coefficient (Wildman–Crippen LogP) is 2.73. The van der Waals surface area contributed by atoms with Crippen molar-refractivity contribution >= 4 is 15.9 Å². The van der Waals surface area contributed by atoms with Crippen LogP contribution in [0.3, 0.4) is 0 Å². The van der Waals surface area contributed by atoms with Gasteiger partial charge in [0.1, 0.15) is 5.52 Å². The number of halogens is 1. The Kier molecular flexibility index (Phi) is 1.88. The maximum atomic E-state index is 5.67. The predicted molar refractivity (Wildman–Crippen MR) is 55.5 cm³/mol. The zero-order valence-corrected chi connectivity index (χ0v) is 8.98. The number of rotatable bonds is 2. The lowest BCUT2D eigenvalue weighted by Crippen LogP contribution is -2.26. The molecule has 0 aromatic heterocycles. The molecule has 0 radical (unpaired) electrons. The molecule has 1 nitrogen and oxygen atoms in total. The van der Waals surface area contributed by atoms with E-state index < -0.39 is 0 Å². The van der Waals surface area contributed by atoms with Crippen molar-refractivity contribution in [3.8, 4) is 0 Å². The van der Waals surface area contributed by atoms with Gasteiger partial charge in [-0.1, -0.05) is 40.2 Å². The number of hydrogen-bond donors (Lipinski definition) is 0. The third-order valence-electron chi connectivity index (χ3n) is 3.74. The first-order chi connectivity index (χ1) is 6.40. The van der Waals surface area contributed by atoms with Crippen LogP contribution in [0, 0.1) is 23.7 Å². The van der Waals surface area contributed by atoms with E-state index in [0.717, 1.165) is 23.7 Å². The molecule has 3 aliphatic carbocycles. The number of alkyl halides is 1. The van der Waals surface area contributed by atoms with Crippen LogP contribution >= 0.6 is 15.9 Å². The lowest BCUT2D eigenvalue weighted by molar-refractivity contribution is 0.0684. The van der Waals surface area contributed by atoms with Crippen molar-refractivity contribution in [2.75, 3.05) is 5.52 Å². The summed E-state index contributed by atoms with van der Waals surface area (Å²) < 4.78 is 5.67. The molecule has 2 heteroatoms. The van der Waals surface area contributed by atoms with Gasteiger partial charge in [-0.15, -0.1) is 0 Å². The van der Waals surface area contributed by atoms with E-state index in [2.05, 4.69) is 40.2 Å². The molecule has 2 bridgehead atoms. The maximum Gasteiger partial charge on any atom is 0.102 e. The fourth-order valence-corrected chi connectivity index (χ4v) is 3.54. The van der Waals surface area contributed by atoms with Gasteiger partial charge in [0, 0.05) is 5.92 Å². The zero-order chi connectivity index (χ0) is 8.84. The normalized spacial score (nSPS) is 50.4. The summed E-state index contributed by atoms with van der Waals surface area (Å²) in [5, 5.41) is 0. The minimum atomic E-state index is 0.365. The van der Waals surface area contributed by atoms with Gasteiger partial charge in [-0.05, 0) is 24.2 Å². The Balaban J connectivity index is 1.83. The molecule has 0 saturated heterocycles. The highest BCUT2D eigenvalue weighted by Gasteiger charge is 2.49. The second kappa shape index (κ2) is 2.96. The molecule has 5 atom stereocenters. The molecule has 3 aliphatic rings. The standard InChI is InChI=1S/C11H13BrO/c12-6-13-10-4-3-9-7-1-2-8(5-7)11(9)10/h1-4,7-11H,5-6H2/t7?,8?,9-,10+,11+/m0/s1. The van der Waals surface area contributed by atoms with Crippen LogP contribution in [0.5, 0.6) is 0 Å². The number of allylic oxidation sites excluding steroid dienone is 3. The minimum Gasteiger partial charge on any atom is -0.363 e. The maximum absolute atomic E-state index is 5.67. The highest BCUT2D eigenvalue weighted by molar-refractivity contribution is 9.09. The van der Waals surface area contributed by atoms with E-state index in [-0.39, 0.29) is 0 Å². The van der Waals surface area contributed by atoms with Crippen molar-refractivity contribution in [2.24, 2.45) is 23.7 Å². The minimum absolute atomic E-state index is 0.365. The SMILES string of the molecule is BrCO[C@@H]1C=C[C@H]2C3C=CC(C3)[C@@H]12. The molecule has 1 fully saturated rings. The Labute approximate surface area is 87.0 Å². The van der Waals surface area contributed by atoms with Crippen LogP contribution in [0.1, 0.15) is 6.42 Å². The van der Waals surface area contributed by atoms with Crippen LogP contribution in [0.25, 0.3) is 0 Å². The van der Waals surface area contributed by atoms with Crippen molar-refractivity contribution in [3.05, 3.63) is 24.3 Å². The van der Waals surface area contributed by atoms with Gasteiger partial charge in [0.25, 0.3) is 0 Å². The van der Waals surface area contributed by atoms with E-state index in [1.807, 2.05) is 0 Å². The van der Waals surface area contributed by atoms with E-state index in [1.165, 1.54) is 6.42 Å². The van der Waals surface area contributed by atoms with E-state index in [4.69, 9.17) is 4.74 Å². The first-order valence-corrected chi connectivity index (χ1v) is 6.06. The molecule has 3 rings (SSSR count). The average Bonchev–Trinajstić information content (AvgIpc) is 2.74. The van der Waals surface area contributed by atoms with Crippen molar-refractivity contribution in [1.29, 1.82) is 0 Å². The van der Waals surface area contributed by atoms with Crippen LogP contribution in [0.2, 0.25) is 0 Å². The van der Waals surface area contributed by atoms with E-state index in [9.17, 15) is 0 Å². The smallest absolute Gasteiger partial charge is 0.102 e. The molecular weight excluding hydrogens is 228 g/mol. The molecule has 0 heterocycles. The van der Waals surface area contributed by atoms with Crippen molar-refractivity contribution in [3.63, 3.8) is 0 Å². The summed E-state index contributed by atoms with van der Waals surface area (Å²) in [6.07, 6.45) is 11.1.